The lowest BCUT2D eigenvalue weighted by Gasteiger charge is -2.28. The van der Waals surface area contributed by atoms with Gasteiger partial charge in [-0.3, -0.25) is 5.43 Å². The third kappa shape index (κ3) is 11.8. The van der Waals surface area contributed by atoms with E-state index in [4.69, 9.17) is 26.2 Å². The Morgan fingerprint density at radius 1 is 0.978 bits per heavy atom. The summed E-state index contributed by atoms with van der Waals surface area (Å²) in [5.74, 6) is -1.14. The first-order valence-corrected chi connectivity index (χ1v) is 16.1. The van der Waals surface area contributed by atoms with E-state index in [1.54, 1.807) is 39.0 Å². The number of ether oxygens (including phenoxy) is 1. The van der Waals surface area contributed by atoms with Crippen LogP contribution in [0.5, 0.6) is 0 Å². The highest BCUT2D eigenvalue weighted by Gasteiger charge is 2.38. The van der Waals surface area contributed by atoms with E-state index in [0.29, 0.717) is 35.8 Å². The van der Waals surface area contributed by atoms with E-state index in [9.17, 15) is 26.4 Å². The fourth-order valence-corrected chi connectivity index (χ4v) is 5.90. The van der Waals surface area contributed by atoms with Crippen LogP contribution in [-0.2, 0) is 19.6 Å². The summed E-state index contributed by atoms with van der Waals surface area (Å²) in [6.45, 7) is 6.48. The minimum Gasteiger partial charge on any atom is -0.475 e. The van der Waals surface area contributed by atoms with Gasteiger partial charge in [-0.2, -0.15) is 18.2 Å². The van der Waals surface area contributed by atoms with Crippen molar-refractivity contribution in [3.63, 3.8) is 0 Å². The highest BCUT2D eigenvalue weighted by atomic mass is 35.5. The molecule has 0 saturated heterocycles. The van der Waals surface area contributed by atoms with E-state index >= 15 is 0 Å². The van der Waals surface area contributed by atoms with Gasteiger partial charge >= 0.3 is 18.2 Å². The molecule has 0 radical (unpaired) electrons. The Morgan fingerprint density at radius 3 is 2.17 bits per heavy atom. The van der Waals surface area contributed by atoms with Crippen molar-refractivity contribution in [3.05, 3.63) is 53.6 Å². The molecular weight excluding hydrogens is 653 g/mol. The second-order valence-electron chi connectivity index (χ2n) is 11.5. The zero-order valence-corrected chi connectivity index (χ0v) is 26.9. The molecular formula is C29H36ClF3N6O6S. The standard InChI is InChI=1S/C27H35ClN6O4S.C2HF3O2/c1-27(2,3)38-26(35)34-33-24-22-9-4-5-10-23(22)31-25(32-24)29-16-18-11-13-19(14-12-18)17-30-39(36,37)21-8-6-7-20(28)15-21;3-2(4,5)1(6)7/h4-10,15,18-19,30H,11-14,16-17H2,1-3H3,(H,34,35)(H2,29,31,32,33);(H,6,7). The van der Waals surface area contributed by atoms with Gasteiger partial charge in [0.25, 0.3) is 0 Å². The van der Waals surface area contributed by atoms with Gasteiger partial charge in [-0.05, 0) is 88.6 Å². The van der Waals surface area contributed by atoms with Gasteiger partial charge in [-0.1, -0.05) is 29.8 Å². The van der Waals surface area contributed by atoms with E-state index in [-0.39, 0.29) is 10.8 Å². The normalized spacial score (nSPS) is 16.9. The van der Waals surface area contributed by atoms with Crippen molar-refractivity contribution in [1.29, 1.82) is 0 Å². The Bertz CT molecular complexity index is 1610. The number of amides is 1. The van der Waals surface area contributed by atoms with Crippen LogP contribution in [0.3, 0.4) is 0 Å². The summed E-state index contributed by atoms with van der Waals surface area (Å²) < 4.78 is 64.9. The van der Waals surface area contributed by atoms with Gasteiger partial charge in [0, 0.05) is 23.5 Å². The molecule has 12 nitrogen and oxygen atoms in total. The number of hydrogen-bond donors (Lipinski definition) is 5. The Hall–Kier alpha value is -3.89. The predicted octanol–water partition coefficient (Wildman–Crippen LogP) is 5.96. The lowest BCUT2D eigenvalue weighted by molar-refractivity contribution is -0.192. The minimum atomic E-state index is -5.08. The van der Waals surface area contributed by atoms with Gasteiger partial charge < -0.3 is 15.2 Å². The molecule has 17 heteroatoms. The molecule has 5 N–H and O–H groups in total. The number of carbonyl (C=O) groups is 2. The second-order valence-corrected chi connectivity index (χ2v) is 13.7. The SMILES string of the molecule is CC(C)(C)OC(=O)NNc1nc(NCC2CCC(CNS(=O)(=O)c3cccc(Cl)c3)CC2)nc2ccccc12.O=C(O)C(F)(F)F. The van der Waals surface area contributed by atoms with E-state index < -0.39 is 33.9 Å². The molecule has 1 saturated carbocycles. The first kappa shape index (κ1) is 36.6. The minimum absolute atomic E-state index is 0.179. The summed E-state index contributed by atoms with van der Waals surface area (Å²) in [7, 11) is -3.59. The van der Waals surface area contributed by atoms with Crippen LogP contribution in [0.1, 0.15) is 46.5 Å². The highest BCUT2D eigenvalue weighted by molar-refractivity contribution is 7.89. The fourth-order valence-electron chi connectivity index (χ4n) is 4.49. The summed E-state index contributed by atoms with van der Waals surface area (Å²) in [5, 5.41) is 11.6. The Balaban J connectivity index is 0.000000738. The van der Waals surface area contributed by atoms with Crippen molar-refractivity contribution < 1.29 is 41.0 Å². The van der Waals surface area contributed by atoms with Gasteiger partial charge in [0.2, 0.25) is 16.0 Å². The van der Waals surface area contributed by atoms with Crippen molar-refractivity contribution in [2.75, 3.05) is 23.8 Å². The van der Waals surface area contributed by atoms with Crippen LogP contribution in [0.25, 0.3) is 10.9 Å². The molecule has 0 unspecified atom stereocenters. The summed E-state index contributed by atoms with van der Waals surface area (Å²) in [6, 6.07) is 13.8. The molecule has 0 atom stereocenters. The molecule has 0 aliphatic heterocycles. The number of carboxylic acid groups (broad SMARTS) is 1. The van der Waals surface area contributed by atoms with Crippen molar-refractivity contribution in [2.45, 2.75) is 63.1 Å². The highest BCUT2D eigenvalue weighted by Crippen LogP contribution is 2.29. The van der Waals surface area contributed by atoms with Crippen LogP contribution in [0, 0.1) is 11.8 Å². The molecule has 3 aromatic rings. The molecule has 1 fully saturated rings. The number of anilines is 2. The number of benzene rings is 2. The number of nitrogens with zero attached hydrogens (tertiary/aromatic N) is 2. The maximum Gasteiger partial charge on any atom is 0.490 e. The molecule has 1 aliphatic rings. The van der Waals surface area contributed by atoms with Crippen LogP contribution < -0.4 is 20.9 Å². The number of halogens is 4. The summed E-state index contributed by atoms with van der Waals surface area (Å²) in [5.41, 5.74) is 5.51. The maximum atomic E-state index is 12.6. The van der Waals surface area contributed by atoms with E-state index in [0.717, 1.165) is 36.6 Å². The number of carbonyl (C=O) groups excluding carboxylic acids is 1. The smallest absolute Gasteiger partial charge is 0.475 e. The quantitative estimate of drug-likeness (QED) is 0.169. The van der Waals surface area contributed by atoms with Crippen LogP contribution in [0.2, 0.25) is 5.02 Å². The number of aromatic nitrogens is 2. The Labute approximate surface area is 269 Å². The zero-order chi connectivity index (χ0) is 34.1. The van der Waals surface area contributed by atoms with E-state index in [2.05, 4.69) is 30.9 Å². The number of hydrogen-bond acceptors (Lipinski definition) is 9. The summed E-state index contributed by atoms with van der Waals surface area (Å²) in [4.78, 5) is 30.4. The number of alkyl halides is 3. The number of para-hydroxylation sites is 1. The second kappa shape index (κ2) is 15.6. The number of fused-ring (bicyclic) bond motifs is 1. The summed E-state index contributed by atoms with van der Waals surface area (Å²) in [6.07, 6.45) is -1.90. The first-order chi connectivity index (χ1) is 21.4. The third-order valence-corrected chi connectivity index (χ3v) is 8.37. The topological polar surface area (TPSA) is 172 Å². The molecule has 252 valence electrons. The third-order valence-electron chi connectivity index (χ3n) is 6.71. The Kier molecular flexibility index (Phi) is 12.4. The van der Waals surface area contributed by atoms with Crippen molar-refractivity contribution in [1.82, 2.24) is 20.1 Å². The van der Waals surface area contributed by atoms with Gasteiger partial charge in [0.1, 0.15) is 5.60 Å². The maximum absolute atomic E-state index is 12.6. The number of rotatable bonds is 9. The number of sulfonamides is 1. The summed E-state index contributed by atoms with van der Waals surface area (Å²) >= 11 is 5.94. The van der Waals surface area contributed by atoms with E-state index in [1.165, 1.54) is 6.07 Å². The molecule has 46 heavy (non-hydrogen) atoms. The monoisotopic (exact) mass is 688 g/mol. The molecule has 2 aromatic carbocycles. The fraction of sp³-hybridized carbons (Fsp3) is 0.448. The Morgan fingerprint density at radius 2 is 1.59 bits per heavy atom. The van der Waals surface area contributed by atoms with Crippen molar-refractivity contribution in [2.24, 2.45) is 11.8 Å². The lowest BCUT2D eigenvalue weighted by Crippen LogP contribution is -2.36. The number of hydrazine groups is 1. The van der Waals surface area contributed by atoms with Crippen LogP contribution in [-0.4, -0.2) is 60.4 Å². The number of carboxylic acids is 1. The average molecular weight is 689 g/mol. The largest absolute Gasteiger partial charge is 0.490 e. The molecule has 4 rings (SSSR count). The first-order valence-electron chi connectivity index (χ1n) is 14.2. The lowest BCUT2D eigenvalue weighted by atomic mass is 9.82. The van der Waals surface area contributed by atoms with Gasteiger partial charge in [-0.15, -0.1) is 0 Å². The van der Waals surface area contributed by atoms with E-state index in [1.807, 2.05) is 24.3 Å². The van der Waals surface area contributed by atoms with Crippen LogP contribution in [0.15, 0.2) is 53.4 Å². The van der Waals surface area contributed by atoms with Crippen molar-refractivity contribution in [3.8, 4) is 0 Å². The predicted molar refractivity (Wildman–Crippen MR) is 167 cm³/mol. The molecule has 1 aliphatic carbocycles. The zero-order valence-electron chi connectivity index (χ0n) is 25.3. The van der Waals surface area contributed by atoms with Gasteiger partial charge in [0.15, 0.2) is 5.82 Å². The van der Waals surface area contributed by atoms with Crippen LogP contribution in [0.4, 0.5) is 29.7 Å². The molecule has 1 aromatic heterocycles. The average Bonchev–Trinajstić information content (AvgIpc) is 2.97. The number of aliphatic carboxylic acids is 1. The van der Waals surface area contributed by atoms with Crippen molar-refractivity contribution >= 4 is 56.4 Å². The molecule has 0 bridgehead atoms. The molecule has 1 heterocycles. The van der Waals surface area contributed by atoms with Gasteiger partial charge in [-0.25, -0.2) is 33.1 Å². The molecule has 0 spiro atoms. The number of nitrogens with one attached hydrogen (secondary N) is 4. The van der Waals surface area contributed by atoms with Crippen LogP contribution >= 0.6 is 11.6 Å². The molecule has 1 amide bonds. The van der Waals surface area contributed by atoms with Gasteiger partial charge in [0.05, 0.1) is 10.4 Å².